The van der Waals surface area contributed by atoms with E-state index in [0.29, 0.717) is 29.8 Å². The average molecular weight is 344 g/mol. The summed E-state index contributed by atoms with van der Waals surface area (Å²) in [6.45, 7) is 0.354. The first-order valence-corrected chi connectivity index (χ1v) is 7.50. The Bertz CT molecular complexity index is 499. The molecule has 2 rings (SSSR count). The van der Waals surface area contributed by atoms with E-state index in [1.54, 1.807) is 24.1 Å². The first-order chi connectivity index (χ1) is 9.49. The van der Waals surface area contributed by atoms with E-state index in [2.05, 4.69) is 15.9 Å². The van der Waals surface area contributed by atoms with E-state index >= 15 is 0 Å². The molecule has 1 N–H and O–H groups in total. The Morgan fingerprint density at radius 1 is 1.35 bits per heavy atom. The number of carbonyl (C=O) groups is 2. The van der Waals surface area contributed by atoms with Crippen LogP contribution in [0.3, 0.4) is 0 Å². The molecule has 2 unspecified atom stereocenters. The first-order valence-electron chi connectivity index (χ1n) is 6.71. The molecule has 5 nitrogen and oxygen atoms in total. The van der Waals surface area contributed by atoms with Crippen molar-refractivity contribution in [3.63, 3.8) is 0 Å². The first kappa shape index (κ1) is 15.1. The lowest BCUT2D eigenvalue weighted by atomic mass is 9.78. The highest BCUT2D eigenvalue weighted by molar-refractivity contribution is 9.10. The third-order valence-corrected chi connectivity index (χ3v) is 4.22. The Morgan fingerprint density at radius 2 is 2.00 bits per heavy atom. The van der Waals surface area contributed by atoms with E-state index in [1.165, 1.54) is 0 Å². The summed E-state index contributed by atoms with van der Waals surface area (Å²) in [6.07, 6.45) is 3.05. The van der Waals surface area contributed by atoms with Crippen LogP contribution < -0.4 is 0 Å². The van der Waals surface area contributed by atoms with E-state index in [4.69, 9.17) is 4.42 Å². The van der Waals surface area contributed by atoms with Crippen LogP contribution in [-0.2, 0) is 16.1 Å². The summed E-state index contributed by atoms with van der Waals surface area (Å²) in [7, 11) is 1.69. The molecule has 1 aromatic heterocycles. The third kappa shape index (κ3) is 3.42. The molecule has 0 saturated heterocycles. The fourth-order valence-corrected chi connectivity index (χ4v) is 3.09. The van der Waals surface area contributed by atoms with Gasteiger partial charge < -0.3 is 14.4 Å². The lowest BCUT2D eigenvalue weighted by Gasteiger charge is -2.30. The molecule has 0 radical (unpaired) electrons. The van der Waals surface area contributed by atoms with Crippen molar-refractivity contribution in [3.8, 4) is 0 Å². The van der Waals surface area contributed by atoms with Gasteiger partial charge in [0.1, 0.15) is 5.76 Å². The lowest BCUT2D eigenvalue weighted by Crippen LogP contribution is -2.40. The molecule has 0 aliphatic heterocycles. The van der Waals surface area contributed by atoms with E-state index in [0.717, 1.165) is 12.8 Å². The number of hydrogen-bond acceptors (Lipinski definition) is 3. The van der Waals surface area contributed by atoms with Gasteiger partial charge in [0.05, 0.1) is 18.4 Å². The van der Waals surface area contributed by atoms with Crippen LogP contribution in [0.2, 0.25) is 0 Å². The predicted octanol–water partition coefficient (Wildman–Crippen LogP) is 2.89. The summed E-state index contributed by atoms with van der Waals surface area (Å²) in [5, 5.41) is 9.24. The molecule has 110 valence electrons. The summed E-state index contributed by atoms with van der Waals surface area (Å²) in [5.74, 6) is -1.26. The predicted molar refractivity (Wildman–Crippen MR) is 76.0 cm³/mol. The van der Waals surface area contributed by atoms with Crippen LogP contribution >= 0.6 is 15.9 Å². The molecular weight excluding hydrogens is 326 g/mol. The zero-order valence-electron chi connectivity index (χ0n) is 11.3. The monoisotopic (exact) mass is 343 g/mol. The Morgan fingerprint density at radius 3 is 2.55 bits per heavy atom. The summed E-state index contributed by atoms with van der Waals surface area (Å²) in [4.78, 5) is 25.2. The van der Waals surface area contributed by atoms with Crippen molar-refractivity contribution < 1.29 is 19.1 Å². The van der Waals surface area contributed by atoms with E-state index in [9.17, 15) is 14.7 Å². The van der Waals surface area contributed by atoms with Crippen molar-refractivity contribution in [3.05, 3.63) is 22.6 Å². The number of nitrogens with zero attached hydrogens (tertiary/aromatic N) is 1. The second kappa shape index (κ2) is 6.43. The summed E-state index contributed by atoms with van der Waals surface area (Å²) in [5.41, 5.74) is 0. The average Bonchev–Trinajstić information content (AvgIpc) is 2.83. The van der Waals surface area contributed by atoms with Gasteiger partial charge in [0.25, 0.3) is 0 Å². The number of carbonyl (C=O) groups excluding carboxylic acids is 1. The van der Waals surface area contributed by atoms with E-state index in [-0.39, 0.29) is 5.91 Å². The van der Waals surface area contributed by atoms with Gasteiger partial charge in [-0.3, -0.25) is 9.59 Å². The van der Waals surface area contributed by atoms with Gasteiger partial charge in [-0.1, -0.05) is 12.8 Å². The van der Waals surface area contributed by atoms with Gasteiger partial charge in [-0.25, -0.2) is 0 Å². The molecule has 1 aliphatic carbocycles. The molecule has 1 saturated carbocycles. The van der Waals surface area contributed by atoms with Crippen LogP contribution in [0.1, 0.15) is 31.4 Å². The molecule has 1 aliphatic rings. The maximum Gasteiger partial charge on any atom is 0.307 e. The minimum Gasteiger partial charge on any atom is -0.481 e. The van der Waals surface area contributed by atoms with Crippen molar-refractivity contribution in [2.45, 2.75) is 32.2 Å². The van der Waals surface area contributed by atoms with Crippen molar-refractivity contribution in [1.29, 1.82) is 0 Å². The number of amides is 1. The van der Waals surface area contributed by atoms with Crippen molar-refractivity contribution in [2.75, 3.05) is 7.05 Å². The molecule has 20 heavy (non-hydrogen) atoms. The molecule has 1 heterocycles. The summed E-state index contributed by atoms with van der Waals surface area (Å²) in [6, 6.07) is 3.57. The maximum atomic E-state index is 12.4. The Labute approximate surface area is 126 Å². The Kier molecular flexibility index (Phi) is 4.86. The van der Waals surface area contributed by atoms with Crippen LogP contribution in [-0.4, -0.2) is 28.9 Å². The zero-order valence-corrected chi connectivity index (χ0v) is 12.9. The molecular formula is C14H18BrNO4. The maximum absolute atomic E-state index is 12.4. The highest BCUT2D eigenvalue weighted by Crippen LogP contribution is 2.32. The number of furan rings is 1. The number of carboxylic acids is 1. The molecule has 0 aromatic carbocycles. The standard InChI is InChI=1S/C14H18BrNO4/c1-16(8-9-6-7-12(15)20-9)13(17)10-4-2-3-5-11(10)14(18)19/h6-7,10-11H,2-5,8H2,1H3,(H,18,19). The molecule has 0 bridgehead atoms. The normalized spacial score (nSPS) is 22.5. The quantitative estimate of drug-likeness (QED) is 0.912. The minimum absolute atomic E-state index is 0.107. The molecule has 2 atom stereocenters. The number of aliphatic carboxylic acids is 1. The fourth-order valence-electron chi connectivity index (χ4n) is 2.75. The van der Waals surface area contributed by atoms with Crippen LogP contribution in [0.5, 0.6) is 0 Å². The summed E-state index contributed by atoms with van der Waals surface area (Å²) < 4.78 is 5.99. The van der Waals surface area contributed by atoms with Gasteiger partial charge in [-0.05, 0) is 40.9 Å². The zero-order chi connectivity index (χ0) is 14.7. The minimum atomic E-state index is -0.864. The Hall–Kier alpha value is -1.30. The fraction of sp³-hybridized carbons (Fsp3) is 0.571. The molecule has 1 amide bonds. The van der Waals surface area contributed by atoms with Gasteiger partial charge in [0.15, 0.2) is 4.67 Å². The summed E-state index contributed by atoms with van der Waals surface area (Å²) >= 11 is 3.22. The number of halogens is 1. The number of hydrogen-bond donors (Lipinski definition) is 1. The van der Waals surface area contributed by atoms with Gasteiger partial charge in [0, 0.05) is 7.05 Å². The molecule has 6 heteroatoms. The van der Waals surface area contributed by atoms with E-state index in [1.807, 2.05) is 0 Å². The van der Waals surface area contributed by atoms with Gasteiger partial charge in [-0.2, -0.15) is 0 Å². The second-order valence-corrected chi connectivity index (χ2v) is 6.02. The number of carboxylic acid groups (broad SMARTS) is 1. The van der Waals surface area contributed by atoms with Crippen LogP contribution in [0.15, 0.2) is 21.2 Å². The third-order valence-electron chi connectivity index (χ3n) is 3.80. The van der Waals surface area contributed by atoms with Gasteiger partial charge in [0.2, 0.25) is 5.91 Å². The van der Waals surface area contributed by atoms with Crippen LogP contribution in [0, 0.1) is 11.8 Å². The molecule has 0 spiro atoms. The highest BCUT2D eigenvalue weighted by Gasteiger charge is 2.37. The number of rotatable bonds is 4. The van der Waals surface area contributed by atoms with Crippen molar-refractivity contribution in [2.24, 2.45) is 11.8 Å². The molecule has 1 aromatic rings. The largest absolute Gasteiger partial charge is 0.481 e. The molecule has 1 fully saturated rings. The van der Waals surface area contributed by atoms with E-state index < -0.39 is 17.8 Å². The van der Waals surface area contributed by atoms with Crippen LogP contribution in [0.25, 0.3) is 0 Å². The second-order valence-electron chi connectivity index (χ2n) is 5.24. The topological polar surface area (TPSA) is 70.8 Å². The SMILES string of the molecule is CN(Cc1ccc(Br)o1)C(=O)C1CCCCC1C(=O)O. The van der Waals surface area contributed by atoms with Gasteiger partial charge >= 0.3 is 5.97 Å². The van der Waals surface area contributed by atoms with Crippen molar-refractivity contribution in [1.82, 2.24) is 4.90 Å². The van der Waals surface area contributed by atoms with Gasteiger partial charge in [-0.15, -0.1) is 0 Å². The lowest BCUT2D eigenvalue weighted by molar-refractivity contribution is -0.152. The smallest absolute Gasteiger partial charge is 0.307 e. The highest BCUT2D eigenvalue weighted by atomic mass is 79.9. The Balaban J connectivity index is 2.02. The van der Waals surface area contributed by atoms with Crippen LogP contribution in [0.4, 0.5) is 0 Å². The van der Waals surface area contributed by atoms with Crippen molar-refractivity contribution >= 4 is 27.8 Å².